The highest BCUT2D eigenvalue weighted by Crippen LogP contribution is 2.21. The Bertz CT molecular complexity index is 818. The number of amides is 2. The zero-order valence-electron chi connectivity index (χ0n) is 17.3. The topological polar surface area (TPSA) is 93.3 Å². The molecular formula is C20H29N5O3S. The Hall–Kier alpha value is -2.29. The van der Waals surface area contributed by atoms with Crippen LogP contribution in [-0.4, -0.2) is 56.9 Å². The Morgan fingerprint density at radius 3 is 2.90 bits per heavy atom. The number of hydrogen-bond acceptors (Lipinski definition) is 6. The SMILES string of the molecule is CSc1nnc(CCCNC(=O)[C@@H]2CCCN2C(=O)c2ccco2)n1CC(C)C. The normalized spacial score (nSPS) is 16.6. The molecular weight excluding hydrogens is 390 g/mol. The highest BCUT2D eigenvalue weighted by Gasteiger charge is 2.35. The predicted molar refractivity (Wildman–Crippen MR) is 111 cm³/mol. The fourth-order valence-electron chi connectivity index (χ4n) is 3.60. The third-order valence-electron chi connectivity index (χ3n) is 4.95. The molecule has 3 heterocycles. The number of likely N-dealkylation sites (tertiary alicyclic amines) is 1. The van der Waals surface area contributed by atoms with Crippen LogP contribution in [0, 0.1) is 5.92 Å². The fourth-order valence-corrected chi connectivity index (χ4v) is 4.13. The summed E-state index contributed by atoms with van der Waals surface area (Å²) in [6.07, 6.45) is 6.49. The summed E-state index contributed by atoms with van der Waals surface area (Å²) in [5, 5.41) is 12.5. The van der Waals surface area contributed by atoms with E-state index in [1.807, 2.05) is 6.26 Å². The van der Waals surface area contributed by atoms with Crippen LogP contribution < -0.4 is 5.32 Å². The lowest BCUT2D eigenvalue weighted by Crippen LogP contribution is -2.46. The van der Waals surface area contributed by atoms with Crippen molar-refractivity contribution in [2.75, 3.05) is 19.3 Å². The van der Waals surface area contributed by atoms with E-state index in [9.17, 15) is 9.59 Å². The molecule has 0 radical (unpaired) electrons. The van der Waals surface area contributed by atoms with Gasteiger partial charge in [0.1, 0.15) is 11.9 Å². The van der Waals surface area contributed by atoms with Crippen molar-refractivity contribution in [1.29, 1.82) is 0 Å². The molecule has 0 spiro atoms. The molecule has 158 valence electrons. The van der Waals surface area contributed by atoms with E-state index < -0.39 is 6.04 Å². The molecule has 2 amide bonds. The molecule has 3 rings (SSSR count). The number of carbonyl (C=O) groups is 2. The van der Waals surface area contributed by atoms with Gasteiger partial charge in [0, 0.05) is 26.1 Å². The molecule has 1 atom stereocenters. The van der Waals surface area contributed by atoms with Gasteiger partial charge in [-0.15, -0.1) is 10.2 Å². The number of nitrogens with zero attached hydrogens (tertiary/aromatic N) is 4. The third-order valence-corrected chi connectivity index (χ3v) is 5.62. The van der Waals surface area contributed by atoms with Crippen LogP contribution in [0.4, 0.5) is 0 Å². The predicted octanol–water partition coefficient (Wildman–Crippen LogP) is 2.60. The maximum absolute atomic E-state index is 12.6. The van der Waals surface area contributed by atoms with Gasteiger partial charge in [-0.1, -0.05) is 25.6 Å². The molecule has 0 saturated carbocycles. The van der Waals surface area contributed by atoms with Crippen molar-refractivity contribution >= 4 is 23.6 Å². The maximum Gasteiger partial charge on any atom is 0.290 e. The van der Waals surface area contributed by atoms with Crippen molar-refractivity contribution in [3.63, 3.8) is 0 Å². The summed E-state index contributed by atoms with van der Waals surface area (Å²) >= 11 is 1.60. The molecule has 29 heavy (non-hydrogen) atoms. The quantitative estimate of drug-likeness (QED) is 0.496. The first-order valence-corrected chi connectivity index (χ1v) is 11.3. The molecule has 0 bridgehead atoms. The number of carbonyl (C=O) groups excluding carboxylic acids is 2. The summed E-state index contributed by atoms with van der Waals surface area (Å²) in [6.45, 7) is 6.35. The molecule has 1 fully saturated rings. The van der Waals surface area contributed by atoms with E-state index in [1.165, 1.54) is 6.26 Å². The molecule has 1 aliphatic heterocycles. The van der Waals surface area contributed by atoms with Gasteiger partial charge in [0.15, 0.2) is 10.9 Å². The van der Waals surface area contributed by atoms with Crippen molar-refractivity contribution in [1.82, 2.24) is 25.0 Å². The maximum atomic E-state index is 12.6. The Balaban J connectivity index is 1.50. The number of furan rings is 1. The molecule has 0 aliphatic carbocycles. The van der Waals surface area contributed by atoms with E-state index in [-0.39, 0.29) is 17.6 Å². The van der Waals surface area contributed by atoms with Crippen molar-refractivity contribution in [2.45, 2.75) is 57.3 Å². The summed E-state index contributed by atoms with van der Waals surface area (Å²) < 4.78 is 7.36. The Labute approximate surface area is 175 Å². The Morgan fingerprint density at radius 2 is 2.21 bits per heavy atom. The van der Waals surface area contributed by atoms with Gasteiger partial charge in [-0.25, -0.2) is 0 Å². The van der Waals surface area contributed by atoms with Gasteiger partial charge in [-0.2, -0.15) is 0 Å². The largest absolute Gasteiger partial charge is 0.459 e. The zero-order chi connectivity index (χ0) is 20.8. The van der Waals surface area contributed by atoms with Crippen LogP contribution in [0.25, 0.3) is 0 Å². The molecule has 1 aliphatic rings. The minimum absolute atomic E-state index is 0.101. The number of rotatable bonds is 9. The van der Waals surface area contributed by atoms with E-state index in [0.717, 1.165) is 36.8 Å². The zero-order valence-corrected chi connectivity index (χ0v) is 18.1. The molecule has 2 aromatic heterocycles. The molecule has 8 nitrogen and oxygen atoms in total. The number of hydrogen-bond donors (Lipinski definition) is 1. The highest BCUT2D eigenvalue weighted by molar-refractivity contribution is 7.98. The van der Waals surface area contributed by atoms with Crippen LogP contribution in [0.1, 0.15) is 49.5 Å². The van der Waals surface area contributed by atoms with Gasteiger partial charge >= 0.3 is 0 Å². The van der Waals surface area contributed by atoms with Gasteiger partial charge < -0.3 is 19.2 Å². The number of aromatic nitrogens is 3. The van der Waals surface area contributed by atoms with Gasteiger partial charge in [0.2, 0.25) is 5.91 Å². The first-order valence-electron chi connectivity index (χ1n) is 10.1. The second kappa shape index (κ2) is 9.96. The molecule has 1 saturated heterocycles. The molecule has 1 N–H and O–H groups in total. The van der Waals surface area contributed by atoms with Crippen LogP contribution in [-0.2, 0) is 17.8 Å². The van der Waals surface area contributed by atoms with E-state index in [2.05, 4.69) is 33.9 Å². The third kappa shape index (κ3) is 5.20. The van der Waals surface area contributed by atoms with Gasteiger partial charge in [0.25, 0.3) is 5.91 Å². The van der Waals surface area contributed by atoms with E-state index in [0.29, 0.717) is 25.4 Å². The smallest absolute Gasteiger partial charge is 0.290 e. The lowest BCUT2D eigenvalue weighted by atomic mass is 10.2. The Kier molecular flexibility index (Phi) is 7.35. The van der Waals surface area contributed by atoms with Crippen LogP contribution in [0.2, 0.25) is 0 Å². The van der Waals surface area contributed by atoms with Gasteiger partial charge in [-0.3, -0.25) is 9.59 Å². The van der Waals surface area contributed by atoms with Crippen molar-refractivity contribution in [2.24, 2.45) is 5.92 Å². The van der Waals surface area contributed by atoms with E-state index in [1.54, 1.807) is 28.8 Å². The van der Waals surface area contributed by atoms with E-state index >= 15 is 0 Å². The minimum atomic E-state index is -0.430. The lowest BCUT2D eigenvalue weighted by molar-refractivity contribution is -0.124. The van der Waals surface area contributed by atoms with Crippen LogP contribution in [0.3, 0.4) is 0 Å². The van der Waals surface area contributed by atoms with Crippen molar-refractivity contribution in [3.05, 3.63) is 30.0 Å². The van der Waals surface area contributed by atoms with Crippen molar-refractivity contribution < 1.29 is 14.0 Å². The first-order chi connectivity index (χ1) is 14.0. The average molecular weight is 420 g/mol. The van der Waals surface area contributed by atoms with Crippen LogP contribution in [0.15, 0.2) is 28.0 Å². The average Bonchev–Trinajstić information content (AvgIpc) is 3.45. The van der Waals surface area contributed by atoms with E-state index in [4.69, 9.17) is 4.42 Å². The summed E-state index contributed by atoms with van der Waals surface area (Å²) in [7, 11) is 0. The first kappa shape index (κ1) is 21.4. The lowest BCUT2D eigenvalue weighted by Gasteiger charge is -2.23. The summed E-state index contributed by atoms with van der Waals surface area (Å²) in [5.74, 6) is 1.41. The number of aryl methyl sites for hydroxylation is 1. The van der Waals surface area contributed by atoms with Gasteiger partial charge in [-0.05, 0) is 43.6 Å². The Morgan fingerprint density at radius 1 is 1.38 bits per heavy atom. The summed E-state index contributed by atoms with van der Waals surface area (Å²) in [5.41, 5.74) is 0. The monoisotopic (exact) mass is 419 g/mol. The van der Waals surface area contributed by atoms with Gasteiger partial charge in [0.05, 0.1) is 6.26 Å². The second-order valence-corrected chi connectivity index (χ2v) is 8.41. The number of thioether (sulfide) groups is 1. The second-order valence-electron chi connectivity index (χ2n) is 7.64. The highest BCUT2D eigenvalue weighted by atomic mass is 32.2. The summed E-state index contributed by atoms with van der Waals surface area (Å²) in [4.78, 5) is 26.8. The van der Waals surface area contributed by atoms with Crippen LogP contribution >= 0.6 is 11.8 Å². The summed E-state index contributed by atoms with van der Waals surface area (Å²) in [6, 6.07) is 2.88. The molecule has 0 aromatic carbocycles. The molecule has 9 heteroatoms. The number of nitrogens with one attached hydrogen (secondary N) is 1. The van der Waals surface area contributed by atoms with Crippen molar-refractivity contribution in [3.8, 4) is 0 Å². The molecule has 0 unspecified atom stereocenters. The molecule has 2 aromatic rings. The van der Waals surface area contributed by atoms with Crippen LogP contribution in [0.5, 0.6) is 0 Å². The standard InChI is InChI=1S/C20H29N5O3S/c1-14(2)13-25-17(22-23-20(25)29-3)9-4-10-21-18(26)15-7-5-11-24(15)19(27)16-8-6-12-28-16/h6,8,12,14-15H,4-5,7,9-11,13H2,1-3H3,(H,21,26)/t15-/m0/s1. The fraction of sp³-hybridized carbons (Fsp3) is 0.600. The minimum Gasteiger partial charge on any atom is -0.459 e.